The number of hydrogen-bond donors (Lipinski definition) is 1. The highest BCUT2D eigenvalue weighted by molar-refractivity contribution is 5.01. The Balaban J connectivity index is 2.80. The van der Waals surface area contributed by atoms with E-state index in [2.05, 4.69) is 49.5 Å². The average Bonchev–Trinajstić information content (AvgIpc) is 2.59. The molecule has 1 N–H and O–H groups in total. The summed E-state index contributed by atoms with van der Waals surface area (Å²) >= 11 is 0. The van der Waals surface area contributed by atoms with Gasteiger partial charge < -0.3 is 9.88 Å². The molecule has 0 bridgehead atoms. The van der Waals surface area contributed by atoms with E-state index >= 15 is 0 Å². The van der Waals surface area contributed by atoms with Gasteiger partial charge in [-0.25, -0.2) is 4.98 Å². The van der Waals surface area contributed by atoms with Gasteiger partial charge in [0.25, 0.3) is 0 Å². The molecule has 0 aromatic carbocycles. The Bertz CT molecular complexity index is 296. The van der Waals surface area contributed by atoms with Gasteiger partial charge >= 0.3 is 0 Å². The average molecular weight is 209 g/mol. The first-order valence-electron chi connectivity index (χ1n) is 5.68. The van der Waals surface area contributed by atoms with Gasteiger partial charge in [0.15, 0.2) is 0 Å². The number of nitrogens with one attached hydrogen (secondary N) is 1. The van der Waals surface area contributed by atoms with E-state index in [0.29, 0.717) is 6.04 Å². The van der Waals surface area contributed by atoms with Crippen LogP contribution in [0.3, 0.4) is 0 Å². The van der Waals surface area contributed by atoms with Gasteiger partial charge in [-0.3, -0.25) is 0 Å². The molecule has 0 aliphatic rings. The second-order valence-corrected chi connectivity index (χ2v) is 5.11. The molecule has 86 valence electrons. The minimum atomic E-state index is 0.266. The van der Waals surface area contributed by atoms with Crippen LogP contribution in [0.5, 0.6) is 0 Å². The first kappa shape index (κ1) is 12.2. The van der Waals surface area contributed by atoms with Crippen LogP contribution in [-0.4, -0.2) is 16.1 Å². The molecular formula is C12H23N3. The molecule has 0 saturated carbocycles. The first-order chi connectivity index (χ1) is 6.96. The molecular weight excluding hydrogens is 186 g/mol. The lowest BCUT2D eigenvalue weighted by atomic mass is 9.88. The number of imidazole rings is 1. The summed E-state index contributed by atoms with van der Waals surface area (Å²) in [4.78, 5) is 4.23. The zero-order valence-corrected chi connectivity index (χ0v) is 10.5. The summed E-state index contributed by atoms with van der Waals surface area (Å²) in [6, 6.07) is 0.466. The Hall–Kier alpha value is -0.830. The van der Waals surface area contributed by atoms with Gasteiger partial charge in [-0.2, -0.15) is 0 Å². The Morgan fingerprint density at radius 2 is 2.13 bits per heavy atom. The molecule has 0 saturated heterocycles. The van der Waals surface area contributed by atoms with E-state index in [4.69, 9.17) is 0 Å². The molecule has 0 aliphatic carbocycles. The number of nitrogens with zero attached hydrogens (tertiary/aromatic N) is 2. The van der Waals surface area contributed by atoms with Crippen LogP contribution in [0.25, 0.3) is 0 Å². The van der Waals surface area contributed by atoms with Crippen molar-refractivity contribution in [2.24, 2.45) is 5.41 Å². The summed E-state index contributed by atoms with van der Waals surface area (Å²) in [7, 11) is 0. The van der Waals surface area contributed by atoms with Gasteiger partial charge in [0, 0.05) is 18.8 Å². The normalized spacial score (nSPS) is 14.2. The van der Waals surface area contributed by atoms with E-state index < -0.39 is 0 Å². The standard InChI is InChI=1S/C12H23N3/c1-6-13-7-11-8-14-9-15(11)10(2)12(3,4)5/h8-10,13H,6-7H2,1-5H3. The molecule has 1 atom stereocenters. The van der Waals surface area contributed by atoms with Gasteiger partial charge in [-0.05, 0) is 18.9 Å². The van der Waals surface area contributed by atoms with Crippen molar-refractivity contribution in [3.05, 3.63) is 18.2 Å². The van der Waals surface area contributed by atoms with E-state index in [-0.39, 0.29) is 5.41 Å². The van der Waals surface area contributed by atoms with E-state index in [9.17, 15) is 0 Å². The largest absolute Gasteiger partial charge is 0.330 e. The molecule has 15 heavy (non-hydrogen) atoms. The molecule has 0 fully saturated rings. The molecule has 1 heterocycles. The second-order valence-electron chi connectivity index (χ2n) is 5.11. The summed E-state index contributed by atoms with van der Waals surface area (Å²) in [5, 5.41) is 3.34. The van der Waals surface area contributed by atoms with E-state index in [1.165, 1.54) is 5.69 Å². The van der Waals surface area contributed by atoms with Crippen LogP contribution >= 0.6 is 0 Å². The van der Waals surface area contributed by atoms with Gasteiger partial charge in [0.2, 0.25) is 0 Å². The van der Waals surface area contributed by atoms with Crippen molar-refractivity contribution in [3.8, 4) is 0 Å². The van der Waals surface area contributed by atoms with Gasteiger partial charge in [0.05, 0.1) is 12.0 Å². The number of rotatable bonds is 4. The minimum absolute atomic E-state index is 0.266. The fraction of sp³-hybridized carbons (Fsp3) is 0.750. The third-order valence-electron chi connectivity index (χ3n) is 2.97. The minimum Gasteiger partial charge on any atom is -0.330 e. The van der Waals surface area contributed by atoms with Gasteiger partial charge in [-0.1, -0.05) is 27.7 Å². The van der Waals surface area contributed by atoms with Crippen LogP contribution in [0, 0.1) is 5.41 Å². The third-order valence-corrected chi connectivity index (χ3v) is 2.97. The number of hydrogen-bond acceptors (Lipinski definition) is 2. The Morgan fingerprint density at radius 3 is 2.67 bits per heavy atom. The van der Waals surface area contributed by atoms with Crippen molar-refractivity contribution in [1.29, 1.82) is 0 Å². The monoisotopic (exact) mass is 209 g/mol. The lowest BCUT2D eigenvalue weighted by Crippen LogP contribution is -2.24. The predicted molar refractivity (Wildman–Crippen MR) is 63.8 cm³/mol. The molecule has 0 radical (unpaired) electrons. The Kier molecular flexibility index (Phi) is 3.91. The van der Waals surface area contributed by atoms with Crippen LogP contribution in [-0.2, 0) is 6.54 Å². The van der Waals surface area contributed by atoms with Crippen LogP contribution in [0.1, 0.15) is 46.4 Å². The van der Waals surface area contributed by atoms with Crippen molar-refractivity contribution in [2.45, 2.75) is 47.2 Å². The van der Waals surface area contributed by atoms with Crippen LogP contribution in [0.15, 0.2) is 12.5 Å². The van der Waals surface area contributed by atoms with Crippen LogP contribution in [0.4, 0.5) is 0 Å². The van der Waals surface area contributed by atoms with Gasteiger partial charge in [0.1, 0.15) is 0 Å². The highest BCUT2D eigenvalue weighted by atomic mass is 15.1. The maximum Gasteiger partial charge on any atom is 0.0951 e. The summed E-state index contributed by atoms with van der Waals surface area (Å²) in [6.45, 7) is 13.0. The molecule has 0 spiro atoms. The number of aromatic nitrogens is 2. The van der Waals surface area contributed by atoms with Crippen molar-refractivity contribution in [2.75, 3.05) is 6.54 Å². The van der Waals surface area contributed by atoms with E-state index in [1.54, 1.807) is 0 Å². The maximum absolute atomic E-state index is 4.23. The summed E-state index contributed by atoms with van der Waals surface area (Å²) in [5.41, 5.74) is 1.53. The molecule has 1 aromatic heterocycles. The Labute approximate surface area is 92.9 Å². The topological polar surface area (TPSA) is 29.9 Å². The summed E-state index contributed by atoms with van der Waals surface area (Å²) in [5.74, 6) is 0. The molecule has 1 unspecified atom stereocenters. The zero-order chi connectivity index (χ0) is 11.5. The SMILES string of the molecule is CCNCc1cncn1C(C)C(C)(C)C. The molecule has 1 aromatic rings. The highest BCUT2D eigenvalue weighted by Gasteiger charge is 2.22. The predicted octanol–water partition coefficient (Wildman–Crippen LogP) is 2.60. The summed E-state index contributed by atoms with van der Waals surface area (Å²) < 4.78 is 2.27. The second kappa shape index (κ2) is 4.79. The van der Waals surface area contributed by atoms with Crippen molar-refractivity contribution in [3.63, 3.8) is 0 Å². The quantitative estimate of drug-likeness (QED) is 0.826. The highest BCUT2D eigenvalue weighted by Crippen LogP contribution is 2.30. The maximum atomic E-state index is 4.23. The van der Waals surface area contributed by atoms with E-state index in [1.807, 2.05) is 12.5 Å². The van der Waals surface area contributed by atoms with Crippen LogP contribution < -0.4 is 5.32 Å². The lowest BCUT2D eigenvalue weighted by molar-refractivity contribution is 0.257. The molecule has 3 nitrogen and oxygen atoms in total. The third kappa shape index (κ3) is 3.06. The van der Waals surface area contributed by atoms with Gasteiger partial charge in [-0.15, -0.1) is 0 Å². The fourth-order valence-corrected chi connectivity index (χ4v) is 1.49. The van der Waals surface area contributed by atoms with Crippen LogP contribution in [0.2, 0.25) is 0 Å². The van der Waals surface area contributed by atoms with E-state index in [0.717, 1.165) is 13.1 Å². The fourth-order valence-electron chi connectivity index (χ4n) is 1.49. The molecule has 0 amide bonds. The lowest BCUT2D eigenvalue weighted by Gasteiger charge is -2.29. The molecule has 0 aliphatic heterocycles. The van der Waals surface area contributed by atoms with Crippen molar-refractivity contribution < 1.29 is 0 Å². The smallest absolute Gasteiger partial charge is 0.0951 e. The first-order valence-corrected chi connectivity index (χ1v) is 5.68. The summed E-state index contributed by atoms with van der Waals surface area (Å²) in [6.07, 6.45) is 3.88. The van der Waals surface area contributed by atoms with Crippen molar-refractivity contribution in [1.82, 2.24) is 14.9 Å². The Morgan fingerprint density at radius 1 is 1.47 bits per heavy atom. The molecule has 1 rings (SSSR count). The van der Waals surface area contributed by atoms with Crippen molar-refractivity contribution >= 4 is 0 Å². The zero-order valence-electron chi connectivity index (χ0n) is 10.5. The molecule has 3 heteroatoms.